The zero-order chi connectivity index (χ0) is 2.71. The van der Waals surface area contributed by atoms with Crippen LogP contribution in [0.1, 0.15) is 0 Å². The first-order valence-corrected chi connectivity index (χ1v) is 0.552. The maximum atomic E-state index is 9.94. The second-order valence-corrected chi connectivity index (χ2v) is 0.126. The van der Waals surface area contributed by atoms with E-state index in [1.807, 2.05) is 0 Å². The monoisotopic (exact) mass is 52.0 g/mol. The molecule has 0 spiro atoms. The fourth-order valence-electron chi connectivity index (χ4n) is 0. The third-order valence-corrected chi connectivity index (χ3v) is 0. The Morgan fingerprint density at radius 3 is 1.75 bits per heavy atom. The molecule has 0 bridgehead atoms. The molecule has 0 fully saturated rings. The standard InChI is InChI=1S/C2H2F.Li/c1-2-3;/h1-2H;/q-1;+1. The Morgan fingerprint density at radius 1 is 1.75 bits per heavy atom. The molecule has 0 saturated heterocycles. The molecule has 0 heterocycles. The number of rotatable bonds is 0. The van der Waals surface area contributed by atoms with Crippen molar-refractivity contribution in [1.82, 2.24) is 0 Å². The van der Waals surface area contributed by atoms with Gasteiger partial charge in [-0.3, -0.25) is 4.39 Å². The van der Waals surface area contributed by atoms with Gasteiger partial charge in [0, 0.05) is 0 Å². The van der Waals surface area contributed by atoms with E-state index in [-0.39, 0.29) is 25.2 Å². The van der Waals surface area contributed by atoms with Crippen LogP contribution in [0.25, 0.3) is 0 Å². The molecule has 0 radical (unpaired) electrons. The molecule has 0 aliphatic carbocycles. The molecule has 0 atom stereocenters. The van der Waals surface area contributed by atoms with Crippen LogP contribution in [0.15, 0.2) is 6.33 Å². The summed E-state index contributed by atoms with van der Waals surface area (Å²) in [6, 6.07) is 0. The first kappa shape index (κ1) is 8.86. The van der Waals surface area contributed by atoms with E-state index in [1.165, 1.54) is 0 Å². The molecule has 0 aromatic carbocycles. The van der Waals surface area contributed by atoms with Gasteiger partial charge in [-0.1, -0.05) is 6.33 Å². The van der Waals surface area contributed by atoms with Gasteiger partial charge in [0.2, 0.25) is 0 Å². The Hall–Kier alpha value is 0.267. The molecule has 18 valence electrons. The van der Waals surface area contributed by atoms with Crippen LogP contribution in [0.2, 0.25) is 0 Å². The molecule has 0 saturated carbocycles. The number of hydrogen-bond acceptors (Lipinski definition) is 0. The average molecular weight is 52.0 g/mol. The van der Waals surface area contributed by atoms with E-state index in [0.29, 0.717) is 0 Å². The first-order chi connectivity index (χ1) is 1.41. The summed E-state index contributed by atoms with van der Waals surface area (Å²) in [5.74, 6) is 0. The third-order valence-electron chi connectivity index (χ3n) is 0. The molecule has 0 rings (SSSR count). The Balaban J connectivity index is 0. The molecule has 0 N–H and O–H groups in total. The first-order valence-electron chi connectivity index (χ1n) is 0.552. The van der Waals surface area contributed by atoms with Crippen LogP contribution in [-0.4, -0.2) is 0 Å². The summed E-state index contributed by atoms with van der Waals surface area (Å²) in [5, 5.41) is 0. The largest absolute Gasteiger partial charge is 1.00 e. The molecular weight excluding hydrogens is 50.0 g/mol. The van der Waals surface area contributed by atoms with Crippen LogP contribution in [0.5, 0.6) is 0 Å². The van der Waals surface area contributed by atoms with Gasteiger partial charge in [0.25, 0.3) is 0 Å². The van der Waals surface area contributed by atoms with Crippen LogP contribution in [0.4, 0.5) is 4.39 Å². The van der Waals surface area contributed by atoms with Gasteiger partial charge in [-0.2, -0.15) is 0 Å². The molecule has 0 nitrogen and oxygen atoms in total. The van der Waals surface area contributed by atoms with Crippen LogP contribution in [0, 0.1) is 6.58 Å². The SMILES string of the molecule is [CH-]=CF.[Li+]. The predicted octanol–water partition coefficient (Wildman–Crippen LogP) is -2.09. The van der Waals surface area contributed by atoms with Crippen molar-refractivity contribution in [1.29, 1.82) is 0 Å². The summed E-state index contributed by atoms with van der Waals surface area (Å²) >= 11 is 0. The molecular formula is C2H2FLi. The molecule has 0 amide bonds. The average Bonchev–Trinajstić information content (AvgIpc) is 0.918. The Morgan fingerprint density at radius 2 is 1.75 bits per heavy atom. The van der Waals surface area contributed by atoms with E-state index in [9.17, 15) is 4.39 Å². The van der Waals surface area contributed by atoms with Gasteiger partial charge in [-0.05, 0) is 0 Å². The maximum absolute atomic E-state index is 9.94. The molecule has 2 heteroatoms. The smallest absolute Gasteiger partial charge is 0.484 e. The predicted molar refractivity (Wildman–Crippen MR) is 9.98 cm³/mol. The maximum Gasteiger partial charge on any atom is 1.00 e. The third kappa shape index (κ3) is 50.9. The van der Waals surface area contributed by atoms with Crippen molar-refractivity contribution in [3.63, 3.8) is 0 Å². The molecule has 0 unspecified atom stereocenters. The van der Waals surface area contributed by atoms with Crippen molar-refractivity contribution < 1.29 is 23.3 Å². The molecule has 0 aliphatic rings. The minimum Gasteiger partial charge on any atom is -0.484 e. The Labute approximate surface area is 36.9 Å². The van der Waals surface area contributed by atoms with Gasteiger partial charge in [0.15, 0.2) is 0 Å². The van der Waals surface area contributed by atoms with Crippen molar-refractivity contribution in [3.8, 4) is 0 Å². The van der Waals surface area contributed by atoms with E-state index in [1.54, 1.807) is 0 Å². The van der Waals surface area contributed by atoms with Crippen molar-refractivity contribution in [2.24, 2.45) is 0 Å². The summed E-state index contributed by atoms with van der Waals surface area (Å²) in [7, 11) is 0. The van der Waals surface area contributed by atoms with Crippen LogP contribution in [0.3, 0.4) is 0 Å². The fraction of sp³-hybridized carbons (Fsp3) is 0. The van der Waals surface area contributed by atoms with E-state index >= 15 is 0 Å². The topological polar surface area (TPSA) is 0 Å². The van der Waals surface area contributed by atoms with Crippen molar-refractivity contribution in [3.05, 3.63) is 12.9 Å². The van der Waals surface area contributed by atoms with Gasteiger partial charge in [0.05, 0.1) is 0 Å². The summed E-state index contributed by atoms with van der Waals surface area (Å²) in [6.07, 6.45) is 0. The molecule has 0 aromatic rings. The van der Waals surface area contributed by atoms with E-state index < -0.39 is 0 Å². The van der Waals surface area contributed by atoms with Crippen molar-refractivity contribution in [2.45, 2.75) is 0 Å². The van der Waals surface area contributed by atoms with E-state index in [0.717, 1.165) is 0 Å². The summed E-state index contributed by atoms with van der Waals surface area (Å²) in [5.41, 5.74) is 0. The van der Waals surface area contributed by atoms with E-state index in [4.69, 9.17) is 0 Å². The number of hydrogen-bond donors (Lipinski definition) is 0. The summed E-state index contributed by atoms with van der Waals surface area (Å²) in [4.78, 5) is 0. The summed E-state index contributed by atoms with van der Waals surface area (Å²) < 4.78 is 9.94. The summed E-state index contributed by atoms with van der Waals surface area (Å²) in [6.45, 7) is 4.06. The Bertz CT molecular complexity index is 13.5. The normalized spacial score (nSPS) is 3.25. The zero-order valence-electron chi connectivity index (χ0n) is 2.53. The minimum absolute atomic E-state index is 0. The number of halogens is 1. The van der Waals surface area contributed by atoms with Gasteiger partial charge in [0.1, 0.15) is 0 Å². The van der Waals surface area contributed by atoms with Crippen molar-refractivity contribution >= 4 is 0 Å². The molecule has 4 heavy (non-hydrogen) atoms. The fourth-order valence-corrected chi connectivity index (χ4v) is 0. The zero-order valence-corrected chi connectivity index (χ0v) is 2.53. The van der Waals surface area contributed by atoms with Gasteiger partial charge in [-0.25, -0.2) is 0 Å². The van der Waals surface area contributed by atoms with Crippen LogP contribution in [-0.2, 0) is 0 Å². The Kier molecular flexibility index (Phi) is 23.2. The van der Waals surface area contributed by atoms with Gasteiger partial charge >= 0.3 is 18.9 Å². The molecule has 0 aromatic heterocycles. The minimum atomic E-state index is 0. The van der Waals surface area contributed by atoms with Gasteiger partial charge < -0.3 is 6.58 Å². The van der Waals surface area contributed by atoms with Crippen LogP contribution >= 0.6 is 0 Å². The molecule has 0 aliphatic heterocycles. The second kappa shape index (κ2) is 10.5. The van der Waals surface area contributed by atoms with Crippen molar-refractivity contribution in [2.75, 3.05) is 0 Å². The van der Waals surface area contributed by atoms with Crippen LogP contribution < -0.4 is 18.9 Å². The second-order valence-electron chi connectivity index (χ2n) is 0.126. The van der Waals surface area contributed by atoms with Gasteiger partial charge in [-0.15, -0.1) is 0 Å². The quantitative estimate of drug-likeness (QED) is 0.219. The van der Waals surface area contributed by atoms with E-state index in [2.05, 4.69) is 6.58 Å².